The van der Waals surface area contributed by atoms with Crippen LogP contribution in [0.5, 0.6) is 0 Å². The molecule has 1 heterocycles. The SMILES string of the molecule is COC(=O)c1ccc(C2CNC2)cc1C1CC1. The van der Waals surface area contributed by atoms with Crippen LogP contribution in [0.3, 0.4) is 0 Å². The lowest BCUT2D eigenvalue weighted by Crippen LogP contribution is -2.39. The Bertz CT molecular complexity index is 448. The van der Waals surface area contributed by atoms with Crippen LogP contribution in [0.4, 0.5) is 0 Å². The molecule has 3 heteroatoms. The molecule has 0 bridgehead atoms. The van der Waals surface area contributed by atoms with Gasteiger partial charge in [0.1, 0.15) is 0 Å². The highest BCUT2D eigenvalue weighted by Crippen LogP contribution is 2.42. The van der Waals surface area contributed by atoms with Gasteiger partial charge in [-0.15, -0.1) is 0 Å². The summed E-state index contributed by atoms with van der Waals surface area (Å²) in [5.41, 5.74) is 3.31. The maximum atomic E-state index is 11.7. The van der Waals surface area contributed by atoms with E-state index in [0.29, 0.717) is 11.8 Å². The highest BCUT2D eigenvalue weighted by molar-refractivity contribution is 5.91. The van der Waals surface area contributed by atoms with E-state index in [9.17, 15) is 4.79 Å². The third-order valence-corrected chi connectivity index (χ3v) is 3.75. The second-order valence-electron chi connectivity index (χ2n) is 4.97. The van der Waals surface area contributed by atoms with Gasteiger partial charge in [-0.05, 0) is 36.0 Å². The molecule has 0 atom stereocenters. The van der Waals surface area contributed by atoms with Crippen molar-refractivity contribution in [2.24, 2.45) is 0 Å². The molecule has 2 aliphatic rings. The van der Waals surface area contributed by atoms with E-state index in [0.717, 1.165) is 18.7 Å². The number of benzene rings is 1. The molecule has 90 valence electrons. The molecule has 1 saturated carbocycles. The van der Waals surface area contributed by atoms with Crippen LogP contribution < -0.4 is 5.32 Å². The van der Waals surface area contributed by atoms with E-state index < -0.39 is 0 Å². The van der Waals surface area contributed by atoms with Crippen molar-refractivity contribution >= 4 is 5.97 Å². The summed E-state index contributed by atoms with van der Waals surface area (Å²) in [4.78, 5) is 11.7. The van der Waals surface area contributed by atoms with Crippen LogP contribution in [0.1, 0.15) is 46.2 Å². The van der Waals surface area contributed by atoms with E-state index in [4.69, 9.17) is 4.74 Å². The summed E-state index contributed by atoms with van der Waals surface area (Å²) < 4.78 is 4.84. The van der Waals surface area contributed by atoms with Gasteiger partial charge in [-0.25, -0.2) is 4.79 Å². The number of esters is 1. The number of nitrogens with one attached hydrogen (secondary N) is 1. The van der Waals surface area contributed by atoms with Crippen LogP contribution in [0.2, 0.25) is 0 Å². The molecule has 0 unspecified atom stereocenters. The van der Waals surface area contributed by atoms with Crippen molar-refractivity contribution in [1.82, 2.24) is 5.32 Å². The summed E-state index contributed by atoms with van der Waals surface area (Å²) in [6.07, 6.45) is 2.41. The number of carbonyl (C=O) groups is 1. The lowest BCUT2D eigenvalue weighted by molar-refractivity contribution is 0.0599. The third-order valence-electron chi connectivity index (χ3n) is 3.75. The van der Waals surface area contributed by atoms with Crippen LogP contribution in [-0.2, 0) is 4.74 Å². The Balaban J connectivity index is 1.95. The van der Waals surface area contributed by atoms with Gasteiger partial charge in [-0.1, -0.05) is 12.1 Å². The number of hydrogen-bond donors (Lipinski definition) is 1. The van der Waals surface area contributed by atoms with Gasteiger partial charge in [-0.3, -0.25) is 0 Å². The van der Waals surface area contributed by atoms with Gasteiger partial charge in [0.05, 0.1) is 12.7 Å². The fraction of sp³-hybridized carbons (Fsp3) is 0.500. The van der Waals surface area contributed by atoms with Crippen molar-refractivity contribution < 1.29 is 9.53 Å². The monoisotopic (exact) mass is 231 g/mol. The Labute approximate surface area is 101 Å². The van der Waals surface area contributed by atoms with Crippen molar-refractivity contribution in [3.05, 3.63) is 34.9 Å². The Morgan fingerprint density at radius 3 is 2.59 bits per heavy atom. The molecule has 1 aromatic carbocycles. The largest absolute Gasteiger partial charge is 0.465 e. The zero-order valence-electron chi connectivity index (χ0n) is 10.0. The van der Waals surface area contributed by atoms with Crippen molar-refractivity contribution in [1.29, 1.82) is 0 Å². The quantitative estimate of drug-likeness (QED) is 0.809. The number of methoxy groups -OCH3 is 1. The minimum atomic E-state index is -0.204. The van der Waals surface area contributed by atoms with Crippen LogP contribution in [0.15, 0.2) is 18.2 Å². The molecule has 0 radical (unpaired) electrons. The molecule has 1 N–H and O–H groups in total. The van der Waals surface area contributed by atoms with Crippen molar-refractivity contribution in [2.75, 3.05) is 20.2 Å². The van der Waals surface area contributed by atoms with E-state index in [1.807, 2.05) is 6.07 Å². The lowest BCUT2D eigenvalue weighted by Gasteiger charge is -2.28. The predicted molar refractivity (Wildman–Crippen MR) is 65.4 cm³/mol. The zero-order chi connectivity index (χ0) is 11.8. The molecule has 1 saturated heterocycles. The maximum absolute atomic E-state index is 11.7. The number of carbonyl (C=O) groups excluding carboxylic acids is 1. The maximum Gasteiger partial charge on any atom is 0.338 e. The second kappa shape index (κ2) is 4.15. The summed E-state index contributed by atoms with van der Waals surface area (Å²) in [7, 11) is 1.45. The Kier molecular flexibility index (Phi) is 2.63. The first kappa shape index (κ1) is 10.8. The summed E-state index contributed by atoms with van der Waals surface area (Å²) >= 11 is 0. The molecule has 3 nitrogen and oxygen atoms in total. The van der Waals surface area contributed by atoms with Gasteiger partial charge in [0.15, 0.2) is 0 Å². The van der Waals surface area contributed by atoms with Crippen molar-refractivity contribution in [3.8, 4) is 0 Å². The molecule has 1 aliphatic heterocycles. The Morgan fingerprint density at radius 1 is 1.29 bits per heavy atom. The second-order valence-corrected chi connectivity index (χ2v) is 4.97. The van der Waals surface area contributed by atoms with Crippen LogP contribution in [-0.4, -0.2) is 26.2 Å². The summed E-state index contributed by atoms with van der Waals surface area (Å²) in [5, 5.41) is 3.28. The smallest absolute Gasteiger partial charge is 0.338 e. The highest BCUT2D eigenvalue weighted by Gasteiger charge is 2.30. The summed E-state index contributed by atoms with van der Waals surface area (Å²) in [6.45, 7) is 2.11. The fourth-order valence-corrected chi connectivity index (χ4v) is 2.39. The highest BCUT2D eigenvalue weighted by atomic mass is 16.5. The van der Waals surface area contributed by atoms with E-state index >= 15 is 0 Å². The van der Waals surface area contributed by atoms with E-state index in [-0.39, 0.29) is 5.97 Å². The average Bonchev–Trinajstić information content (AvgIpc) is 3.09. The minimum Gasteiger partial charge on any atom is -0.465 e. The molecule has 3 rings (SSSR count). The molecule has 17 heavy (non-hydrogen) atoms. The average molecular weight is 231 g/mol. The molecule has 1 aromatic rings. The number of rotatable bonds is 3. The minimum absolute atomic E-state index is 0.204. The standard InChI is InChI=1S/C14H17NO2/c1-17-14(16)12-5-4-10(11-7-15-8-11)6-13(12)9-2-3-9/h4-6,9,11,15H,2-3,7-8H2,1H3. The molecule has 1 aliphatic carbocycles. The van der Waals surface area contributed by atoms with Crippen molar-refractivity contribution in [3.63, 3.8) is 0 Å². The van der Waals surface area contributed by atoms with E-state index in [1.165, 1.54) is 31.1 Å². The molecule has 0 spiro atoms. The van der Waals surface area contributed by atoms with Gasteiger partial charge >= 0.3 is 5.97 Å². The van der Waals surface area contributed by atoms with Gasteiger partial charge in [0.2, 0.25) is 0 Å². The normalized spacial score (nSPS) is 19.8. The first-order valence-electron chi connectivity index (χ1n) is 6.22. The number of hydrogen-bond acceptors (Lipinski definition) is 3. The Hall–Kier alpha value is -1.35. The van der Waals surface area contributed by atoms with Crippen LogP contribution >= 0.6 is 0 Å². The molecular formula is C14H17NO2. The van der Waals surface area contributed by atoms with Gasteiger partial charge in [0, 0.05) is 19.0 Å². The number of ether oxygens (including phenoxy) is 1. The Morgan fingerprint density at radius 2 is 2.06 bits per heavy atom. The predicted octanol–water partition coefficient (Wildman–Crippen LogP) is 2.04. The third kappa shape index (κ3) is 1.95. The molecule has 0 aromatic heterocycles. The lowest BCUT2D eigenvalue weighted by atomic mass is 9.89. The van der Waals surface area contributed by atoms with Crippen molar-refractivity contribution in [2.45, 2.75) is 24.7 Å². The first-order chi connectivity index (χ1) is 8.29. The summed E-state index contributed by atoms with van der Waals surface area (Å²) in [6, 6.07) is 6.23. The van der Waals surface area contributed by atoms with E-state index in [2.05, 4.69) is 17.4 Å². The first-order valence-corrected chi connectivity index (χ1v) is 6.22. The zero-order valence-corrected chi connectivity index (χ0v) is 10.0. The molecule has 2 fully saturated rings. The topological polar surface area (TPSA) is 38.3 Å². The fourth-order valence-electron chi connectivity index (χ4n) is 2.39. The van der Waals surface area contributed by atoms with Gasteiger partial charge in [-0.2, -0.15) is 0 Å². The van der Waals surface area contributed by atoms with Crippen LogP contribution in [0.25, 0.3) is 0 Å². The van der Waals surface area contributed by atoms with Gasteiger partial charge in [0.25, 0.3) is 0 Å². The van der Waals surface area contributed by atoms with Crippen LogP contribution in [0, 0.1) is 0 Å². The van der Waals surface area contributed by atoms with E-state index in [1.54, 1.807) is 0 Å². The molecule has 0 amide bonds. The summed E-state index contributed by atoms with van der Waals surface area (Å²) in [5.74, 6) is 1.00. The molecular weight excluding hydrogens is 214 g/mol. The van der Waals surface area contributed by atoms with Gasteiger partial charge < -0.3 is 10.1 Å².